The van der Waals surface area contributed by atoms with Crippen LogP contribution in [0.2, 0.25) is 0 Å². The van der Waals surface area contributed by atoms with Gasteiger partial charge in [0, 0.05) is 0 Å². The summed E-state index contributed by atoms with van der Waals surface area (Å²) < 4.78 is 0. The van der Waals surface area contributed by atoms with E-state index >= 15 is 0 Å². The van der Waals surface area contributed by atoms with Crippen molar-refractivity contribution < 1.29 is 18.9 Å². The van der Waals surface area contributed by atoms with Gasteiger partial charge in [-0.15, -0.1) is 5.38 Å². The molecule has 0 bridgehead atoms. The molecular weight excluding hydrogens is 87.1 g/mol. The van der Waals surface area contributed by atoms with Crippen LogP contribution in [0.3, 0.4) is 0 Å². The van der Waals surface area contributed by atoms with E-state index in [4.69, 9.17) is 0 Å². The number of thiophene rings is 1. The van der Waals surface area contributed by atoms with E-state index in [0.717, 1.165) is 0 Å². The van der Waals surface area contributed by atoms with Crippen LogP contribution in [0.5, 0.6) is 0 Å². The molecule has 26 valence electrons. The summed E-state index contributed by atoms with van der Waals surface area (Å²) in [4.78, 5) is 0. The maximum atomic E-state index is 2.90. The van der Waals surface area contributed by atoms with Gasteiger partial charge in [0.25, 0.3) is 0 Å². The van der Waals surface area contributed by atoms with Crippen LogP contribution in [-0.2, 0) is 0 Å². The van der Waals surface area contributed by atoms with Gasteiger partial charge in [0.1, 0.15) is 0 Å². The van der Waals surface area contributed by atoms with Crippen LogP contribution in [-0.4, -0.2) is 0 Å². The number of hydrogen-bond donors (Lipinski definition) is 0. The van der Waals surface area contributed by atoms with Crippen molar-refractivity contribution in [2.24, 2.45) is 0 Å². The Morgan fingerprint density at radius 3 is 2.50 bits per heavy atom. The fraction of sp³-hybridized carbons (Fsp3) is 0. The standard InChI is InChI=1S/C4H3S.Li/c1-2-4-5-3-1;/h1-3H;/q-1;+1. The van der Waals surface area contributed by atoms with Gasteiger partial charge < -0.3 is 11.3 Å². The first-order valence-corrected chi connectivity index (χ1v) is 2.27. The third-order valence-electron chi connectivity index (χ3n) is 0.379. The van der Waals surface area contributed by atoms with Gasteiger partial charge in [-0.05, 0) is 0 Å². The van der Waals surface area contributed by atoms with Crippen molar-refractivity contribution >= 4 is 11.3 Å². The second-order valence-electron chi connectivity index (χ2n) is 0.731. The average molecular weight is 90.1 g/mol. The van der Waals surface area contributed by atoms with Crippen molar-refractivity contribution in [1.82, 2.24) is 0 Å². The molecule has 0 N–H and O–H groups in total. The van der Waals surface area contributed by atoms with Crippen LogP contribution in [0.4, 0.5) is 0 Å². The fourth-order valence-corrected chi connectivity index (χ4v) is 0.589. The van der Waals surface area contributed by atoms with Crippen molar-refractivity contribution in [3.8, 4) is 0 Å². The van der Waals surface area contributed by atoms with Crippen LogP contribution in [0, 0.1) is 5.38 Å². The van der Waals surface area contributed by atoms with E-state index in [-0.39, 0.29) is 18.9 Å². The van der Waals surface area contributed by atoms with E-state index in [2.05, 4.69) is 5.38 Å². The van der Waals surface area contributed by atoms with Crippen molar-refractivity contribution in [2.75, 3.05) is 0 Å². The predicted molar refractivity (Wildman–Crippen MR) is 23.2 cm³/mol. The third kappa shape index (κ3) is 1.67. The van der Waals surface area contributed by atoms with Gasteiger partial charge in [0.2, 0.25) is 0 Å². The predicted octanol–water partition coefficient (Wildman–Crippen LogP) is -1.45. The van der Waals surface area contributed by atoms with E-state index in [0.29, 0.717) is 0 Å². The van der Waals surface area contributed by atoms with E-state index in [1.807, 2.05) is 17.5 Å². The van der Waals surface area contributed by atoms with E-state index in [1.54, 1.807) is 11.3 Å². The van der Waals surface area contributed by atoms with Gasteiger partial charge in [0.05, 0.1) is 0 Å². The summed E-state index contributed by atoms with van der Waals surface area (Å²) in [6, 6.07) is 3.86. The Labute approximate surface area is 53.4 Å². The Hall–Kier alpha value is 0.297. The van der Waals surface area contributed by atoms with Crippen molar-refractivity contribution in [2.45, 2.75) is 0 Å². The van der Waals surface area contributed by atoms with Gasteiger partial charge in [-0.3, -0.25) is 0 Å². The monoisotopic (exact) mass is 90.0 g/mol. The van der Waals surface area contributed by atoms with Gasteiger partial charge >= 0.3 is 18.9 Å². The molecule has 0 nitrogen and oxygen atoms in total. The topological polar surface area (TPSA) is 0 Å². The molecule has 1 heterocycles. The zero-order valence-corrected chi connectivity index (χ0v) is 4.46. The molecule has 0 atom stereocenters. The summed E-state index contributed by atoms with van der Waals surface area (Å²) in [6.07, 6.45) is 0. The van der Waals surface area contributed by atoms with Crippen molar-refractivity contribution in [3.05, 3.63) is 22.9 Å². The molecule has 6 heavy (non-hydrogen) atoms. The van der Waals surface area contributed by atoms with Crippen LogP contribution in [0.1, 0.15) is 0 Å². The molecule has 0 aliphatic carbocycles. The molecule has 1 aromatic heterocycles. The fourth-order valence-electron chi connectivity index (χ4n) is 0.196. The Kier molecular flexibility index (Phi) is 3.66. The zero-order chi connectivity index (χ0) is 3.54. The second kappa shape index (κ2) is 3.49. The normalized spacial score (nSPS) is 6.67. The van der Waals surface area contributed by atoms with Crippen molar-refractivity contribution in [1.29, 1.82) is 0 Å². The minimum absolute atomic E-state index is 0. The Morgan fingerprint density at radius 2 is 2.33 bits per heavy atom. The molecule has 0 aromatic carbocycles. The summed E-state index contributed by atoms with van der Waals surface area (Å²) in [5, 5.41) is 4.89. The van der Waals surface area contributed by atoms with Gasteiger partial charge in [-0.25, -0.2) is 6.07 Å². The van der Waals surface area contributed by atoms with E-state index in [1.165, 1.54) is 0 Å². The molecule has 0 saturated heterocycles. The van der Waals surface area contributed by atoms with Crippen molar-refractivity contribution in [3.63, 3.8) is 0 Å². The van der Waals surface area contributed by atoms with Crippen LogP contribution in [0.25, 0.3) is 0 Å². The first kappa shape index (κ1) is 6.30. The van der Waals surface area contributed by atoms with Crippen LogP contribution >= 0.6 is 11.3 Å². The van der Waals surface area contributed by atoms with Gasteiger partial charge in [-0.2, -0.15) is 11.4 Å². The maximum absolute atomic E-state index is 2.90. The maximum Gasteiger partial charge on any atom is 1.00 e. The number of hydrogen-bond acceptors (Lipinski definition) is 1. The second-order valence-corrected chi connectivity index (χ2v) is 1.47. The van der Waals surface area contributed by atoms with E-state index < -0.39 is 0 Å². The molecule has 0 fully saturated rings. The third-order valence-corrected chi connectivity index (χ3v) is 0.944. The summed E-state index contributed by atoms with van der Waals surface area (Å²) >= 11 is 1.59. The van der Waals surface area contributed by atoms with Crippen LogP contribution < -0.4 is 18.9 Å². The molecule has 1 aromatic rings. The first-order chi connectivity index (χ1) is 2.50. The minimum Gasteiger partial charge on any atom is -0.304 e. The SMILES string of the molecule is [Li+].[c-]1cccs1. The molecule has 0 aliphatic rings. The van der Waals surface area contributed by atoms with Gasteiger partial charge in [0.15, 0.2) is 0 Å². The molecule has 0 unspecified atom stereocenters. The summed E-state index contributed by atoms with van der Waals surface area (Å²) in [7, 11) is 0. The van der Waals surface area contributed by atoms with Gasteiger partial charge in [-0.1, -0.05) is 0 Å². The molecule has 0 aliphatic heterocycles. The summed E-state index contributed by atoms with van der Waals surface area (Å²) in [6.45, 7) is 0. The number of rotatable bonds is 0. The Balaban J connectivity index is 0.000000250. The average Bonchev–Trinajstić information content (AvgIpc) is 1.76. The largest absolute Gasteiger partial charge is 1.00 e. The smallest absolute Gasteiger partial charge is 0.304 e. The molecule has 0 radical (unpaired) electrons. The Morgan fingerprint density at radius 1 is 1.50 bits per heavy atom. The molecule has 0 spiro atoms. The quantitative estimate of drug-likeness (QED) is 0.270. The van der Waals surface area contributed by atoms with E-state index in [9.17, 15) is 0 Å². The Bertz CT molecular complexity index is 64.0. The molecule has 0 saturated carbocycles. The molecule has 1 rings (SSSR count). The zero-order valence-electron chi connectivity index (χ0n) is 3.64. The van der Waals surface area contributed by atoms with Crippen LogP contribution in [0.15, 0.2) is 17.5 Å². The first-order valence-electron chi connectivity index (χ1n) is 1.40. The minimum atomic E-state index is 0. The summed E-state index contributed by atoms with van der Waals surface area (Å²) in [5.74, 6) is 0. The molecule has 0 amide bonds. The molecule has 2 heteroatoms. The molecular formula is C4H3LiS. The summed E-state index contributed by atoms with van der Waals surface area (Å²) in [5.41, 5.74) is 0.